The number of nitrogens with one attached hydrogen (secondary N) is 1. The van der Waals surface area contributed by atoms with Crippen molar-refractivity contribution in [3.63, 3.8) is 0 Å². The molecule has 1 aromatic heterocycles. The van der Waals surface area contributed by atoms with Crippen molar-refractivity contribution in [2.75, 3.05) is 5.73 Å². The Bertz CT molecular complexity index is 1360. The number of hydrogen-bond acceptors (Lipinski definition) is 7. The van der Waals surface area contributed by atoms with Crippen molar-refractivity contribution in [2.24, 2.45) is 0 Å². The Balaban J connectivity index is 1.39. The van der Waals surface area contributed by atoms with Crippen molar-refractivity contribution >= 4 is 23.7 Å². The molecule has 7 nitrogen and oxygen atoms in total. The number of ether oxygens (including phenoxy) is 2. The molecule has 2 aliphatic carbocycles. The van der Waals surface area contributed by atoms with Gasteiger partial charge in [0.2, 0.25) is 0 Å². The summed E-state index contributed by atoms with van der Waals surface area (Å²) in [6.07, 6.45) is 5.59. The third-order valence-corrected chi connectivity index (χ3v) is 8.78. The Morgan fingerprint density at radius 1 is 1.07 bits per heavy atom. The average molecular weight is 561 g/mol. The summed E-state index contributed by atoms with van der Waals surface area (Å²) < 4.78 is 12.2. The fourth-order valence-corrected chi connectivity index (χ4v) is 6.88. The normalized spacial score (nSPS) is 19.7. The number of anilines is 1. The molecule has 0 bridgehead atoms. The maximum atomic E-state index is 12.2. The summed E-state index contributed by atoms with van der Waals surface area (Å²) in [7, 11) is 0. The van der Waals surface area contributed by atoms with Crippen LogP contribution in [0.1, 0.15) is 77.0 Å². The van der Waals surface area contributed by atoms with E-state index in [1.54, 1.807) is 6.33 Å². The van der Waals surface area contributed by atoms with Crippen molar-refractivity contribution in [1.29, 1.82) is 0 Å². The molecule has 0 atom stereocenters. The van der Waals surface area contributed by atoms with Gasteiger partial charge >= 0.3 is 6.09 Å². The second kappa shape index (κ2) is 11.3. The average Bonchev–Trinajstić information content (AvgIpc) is 2.88. The Kier molecular flexibility index (Phi) is 8.00. The molecule has 1 fully saturated rings. The first-order valence-electron chi connectivity index (χ1n) is 14.1. The van der Waals surface area contributed by atoms with E-state index in [1.807, 2.05) is 38.6 Å². The lowest BCUT2D eigenvalue weighted by Gasteiger charge is -2.36. The van der Waals surface area contributed by atoms with Crippen LogP contribution >= 0.6 is 11.8 Å². The van der Waals surface area contributed by atoms with E-state index in [0.717, 1.165) is 60.4 Å². The van der Waals surface area contributed by atoms with Gasteiger partial charge in [0.15, 0.2) is 0 Å². The van der Waals surface area contributed by atoms with Crippen LogP contribution in [0, 0.1) is 0 Å². The van der Waals surface area contributed by atoms with Crippen LogP contribution in [-0.4, -0.2) is 33.8 Å². The molecule has 212 valence electrons. The molecular weight excluding hydrogens is 520 g/mol. The second-order valence-electron chi connectivity index (χ2n) is 12.5. The van der Waals surface area contributed by atoms with Crippen LogP contribution < -0.4 is 15.8 Å². The SMILES string of the molecule is CC(C)(C)OC(=O)NC1CCC(Oc2ccc3c(c2SCc2ccccc2)CC(C)(C)c2c(N)ncnc2-3)CC1. The molecule has 0 radical (unpaired) electrons. The maximum Gasteiger partial charge on any atom is 0.407 e. The van der Waals surface area contributed by atoms with Crippen molar-refractivity contribution in [2.45, 2.75) is 101 Å². The van der Waals surface area contributed by atoms with Crippen molar-refractivity contribution in [3.8, 4) is 17.0 Å². The molecule has 0 spiro atoms. The highest BCUT2D eigenvalue weighted by Gasteiger charge is 2.37. The monoisotopic (exact) mass is 560 g/mol. The predicted octanol–water partition coefficient (Wildman–Crippen LogP) is 7.07. The zero-order valence-corrected chi connectivity index (χ0v) is 24.9. The standard InChI is InChI=1S/C32H40N4O3S/c1-31(2,3)39-30(37)36-21-11-13-22(14-12-21)38-25-16-15-23-24(28(25)40-18-20-9-7-6-8-10-20)17-32(4,5)26-27(23)34-19-35-29(26)33/h6-10,15-16,19,21-22H,11-14,17-18H2,1-5H3,(H,36,37)(H2,33,34,35). The van der Waals surface area contributed by atoms with Gasteiger partial charge in [-0.2, -0.15) is 0 Å². The number of benzene rings is 2. The molecule has 3 aromatic rings. The molecule has 3 N–H and O–H groups in total. The summed E-state index contributed by atoms with van der Waals surface area (Å²) in [5.41, 5.74) is 11.2. The van der Waals surface area contributed by atoms with E-state index >= 15 is 0 Å². The van der Waals surface area contributed by atoms with E-state index in [0.29, 0.717) is 5.82 Å². The predicted molar refractivity (Wildman–Crippen MR) is 161 cm³/mol. The van der Waals surface area contributed by atoms with E-state index in [4.69, 9.17) is 15.2 Å². The van der Waals surface area contributed by atoms with Crippen molar-refractivity contribution in [1.82, 2.24) is 15.3 Å². The van der Waals surface area contributed by atoms with Crippen LogP contribution in [0.3, 0.4) is 0 Å². The summed E-state index contributed by atoms with van der Waals surface area (Å²) in [6.45, 7) is 10.1. The van der Waals surface area contributed by atoms with E-state index < -0.39 is 5.60 Å². The highest BCUT2D eigenvalue weighted by atomic mass is 32.2. The zero-order chi connectivity index (χ0) is 28.5. The van der Waals surface area contributed by atoms with Crippen LogP contribution in [0.2, 0.25) is 0 Å². The second-order valence-corrected chi connectivity index (χ2v) is 13.5. The van der Waals surface area contributed by atoms with E-state index in [2.05, 4.69) is 65.5 Å². The first kappa shape index (κ1) is 28.3. The number of fused-ring (bicyclic) bond motifs is 3. The number of rotatable bonds is 6. The van der Waals surface area contributed by atoms with Crippen LogP contribution in [0.25, 0.3) is 11.3 Å². The van der Waals surface area contributed by atoms with Crippen molar-refractivity contribution in [3.05, 3.63) is 65.5 Å². The molecule has 8 heteroatoms. The molecule has 1 saturated carbocycles. The molecule has 2 aliphatic rings. The summed E-state index contributed by atoms with van der Waals surface area (Å²) in [5, 5.41) is 3.03. The van der Waals surface area contributed by atoms with Gasteiger partial charge in [0.05, 0.1) is 16.7 Å². The van der Waals surface area contributed by atoms with Crippen LogP contribution in [0.15, 0.2) is 53.7 Å². The van der Waals surface area contributed by atoms with Gasteiger partial charge in [0, 0.05) is 22.9 Å². The number of carbonyl (C=O) groups is 1. The summed E-state index contributed by atoms with van der Waals surface area (Å²) in [6, 6.07) is 14.9. The molecule has 0 aliphatic heterocycles. The minimum absolute atomic E-state index is 0.0904. The highest BCUT2D eigenvalue weighted by Crippen LogP contribution is 2.49. The van der Waals surface area contributed by atoms with E-state index in [1.165, 1.54) is 16.0 Å². The third kappa shape index (κ3) is 6.38. The highest BCUT2D eigenvalue weighted by molar-refractivity contribution is 7.98. The number of amides is 1. The third-order valence-electron chi connectivity index (χ3n) is 7.57. The Morgan fingerprint density at radius 2 is 1.80 bits per heavy atom. The van der Waals surface area contributed by atoms with Crippen molar-refractivity contribution < 1.29 is 14.3 Å². The van der Waals surface area contributed by atoms with Crippen LogP contribution in [-0.2, 0) is 22.3 Å². The lowest BCUT2D eigenvalue weighted by molar-refractivity contribution is 0.0470. The topological polar surface area (TPSA) is 99.4 Å². The van der Waals surface area contributed by atoms with Gasteiger partial charge in [-0.3, -0.25) is 0 Å². The van der Waals surface area contributed by atoms with Gasteiger partial charge in [0.25, 0.3) is 0 Å². The van der Waals surface area contributed by atoms with E-state index in [9.17, 15) is 4.79 Å². The molecule has 5 rings (SSSR count). The smallest absolute Gasteiger partial charge is 0.407 e. The van der Waals surface area contributed by atoms with Gasteiger partial charge in [-0.15, -0.1) is 11.8 Å². The molecule has 0 unspecified atom stereocenters. The lowest BCUT2D eigenvalue weighted by Crippen LogP contribution is -2.42. The zero-order valence-electron chi connectivity index (χ0n) is 24.1. The number of alkyl carbamates (subject to hydrolysis) is 1. The minimum Gasteiger partial charge on any atom is -0.489 e. The number of aromatic nitrogens is 2. The number of carbonyl (C=O) groups excluding carboxylic acids is 1. The minimum atomic E-state index is -0.502. The molecule has 40 heavy (non-hydrogen) atoms. The molecular formula is C32H40N4O3S. The van der Waals surface area contributed by atoms with Gasteiger partial charge in [-0.25, -0.2) is 14.8 Å². The Hall–Kier alpha value is -3.26. The lowest BCUT2D eigenvalue weighted by atomic mass is 9.72. The number of nitrogen functional groups attached to an aromatic ring is 1. The van der Waals surface area contributed by atoms with Gasteiger partial charge in [-0.1, -0.05) is 44.2 Å². The summed E-state index contributed by atoms with van der Waals surface area (Å²) in [5.74, 6) is 2.32. The maximum absolute atomic E-state index is 12.2. The number of nitrogens with two attached hydrogens (primary N) is 1. The first-order valence-corrected chi connectivity index (χ1v) is 15.1. The Labute approximate surface area is 241 Å². The van der Waals surface area contributed by atoms with E-state index in [-0.39, 0.29) is 23.7 Å². The fraction of sp³-hybridized carbons (Fsp3) is 0.469. The fourth-order valence-electron chi connectivity index (χ4n) is 5.76. The Morgan fingerprint density at radius 3 is 2.50 bits per heavy atom. The molecule has 1 heterocycles. The number of nitrogens with zero attached hydrogens (tertiary/aromatic N) is 2. The van der Waals surface area contributed by atoms with Crippen LogP contribution in [0.4, 0.5) is 10.6 Å². The number of hydrogen-bond donors (Lipinski definition) is 2. The van der Waals surface area contributed by atoms with Gasteiger partial charge < -0.3 is 20.5 Å². The van der Waals surface area contributed by atoms with Gasteiger partial charge in [-0.05, 0) is 81.5 Å². The molecule has 0 saturated heterocycles. The number of thioether (sulfide) groups is 1. The van der Waals surface area contributed by atoms with Gasteiger partial charge in [0.1, 0.15) is 23.5 Å². The quantitative estimate of drug-likeness (QED) is 0.311. The first-order chi connectivity index (χ1) is 19.0. The summed E-state index contributed by atoms with van der Waals surface area (Å²) >= 11 is 1.82. The largest absolute Gasteiger partial charge is 0.489 e. The van der Waals surface area contributed by atoms with Crippen LogP contribution in [0.5, 0.6) is 5.75 Å². The summed E-state index contributed by atoms with van der Waals surface area (Å²) in [4.78, 5) is 22.4. The molecule has 1 amide bonds. The molecule has 2 aromatic carbocycles.